The first kappa shape index (κ1) is 44.7. The maximum Gasteiger partial charge on any atom is -0.0315 e. The lowest BCUT2D eigenvalue weighted by Crippen LogP contribution is -1.97. The largest absolute Gasteiger partial charge is 0.0772 e. The number of rotatable bonds is 9. The molecule has 2 saturated carbocycles. The van der Waals surface area contributed by atoms with E-state index in [1.807, 2.05) is 41.5 Å². The van der Waals surface area contributed by atoms with Crippen molar-refractivity contribution in [2.75, 3.05) is 0 Å². The summed E-state index contributed by atoms with van der Waals surface area (Å²) in [6.07, 6.45) is 24.3. The van der Waals surface area contributed by atoms with Gasteiger partial charge in [0.05, 0.1) is 0 Å². The maximum atomic E-state index is 2.40. The van der Waals surface area contributed by atoms with Crippen LogP contribution in [0.5, 0.6) is 0 Å². The van der Waals surface area contributed by atoms with Crippen LogP contribution in [0.15, 0.2) is 11.1 Å². The summed E-state index contributed by atoms with van der Waals surface area (Å²) in [4.78, 5) is 0. The van der Waals surface area contributed by atoms with Gasteiger partial charge in [0.25, 0.3) is 0 Å². The van der Waals surface area contributed by atoms with E-state index in [0.29, 0.717) is 0 Å². The molecule has 1 atom stereocenters. The summed E-state index contributed by atoms with van der Waals surface area (Å²) < 4.78 is 0. The first-order valence-electron chi connectivity index (χ1n) is 16.6. The van der Waals surface area contributed by atoms with Gasteiger partial charge >= 0.3 is 0 Å². The van der Waals surface area contributed by atoms with Gasteiger partial charge in [0.15, 0.2) is 0 Å². The van der Waals surface area contributed by atoms with E-state index in [1.165, 1.54) is 109 Å². The lowest BCUT2D eigenvalue weighted by molar-refractivity contribution is 0.445. The Balaban J connectivity index is -0.000000113. The fraction of sp³-hybridized carbons (Fsp3) is 0.943. The molecule has 2 rings (SSSR count). The Morgan fingerprint density at radius 3 is 1.34 bits per heavy atom. The molecular weight excluding hydrogens is 420 g/mol. The van der Waals surface area contributed by atoms with Crippen LogP contribution in [0.1, 0.15) is 206 Å². The van der Waals surface area contributed by atoms with Crippen molar-refractivity contribution in [2.24, 2.45) is 11.8 Å². The van der Waals surface area contributed by atoms with Crippen molar-refractivity contribution in [1.29, 1.82) is 0 Å². The molecule has 2 aliphatic carbocycles. The number of allylic oxidation sites excluding steroid dienone is 2. The average Bonchev–Trinajstić information content (AvgIpc) is 3.38. The second kappa shape index (κ2) is 43.8. The molecule has 35 heavy (non-hydrogen) atoms. The summed E-state index contributed by atoms with van der Waals surface area (Å²) in [5.41, 5.74) is 3.24. The molecular formula is C35H78. The van der Waals surface area contributed by atoms with E-state index in [1.54, 1.807) is 11.1 Å². The van der Waals surface area contributed by atoms with Crippen molar-refractivity contribution in [2.45, 2.75) is 206 Å². The van der Waals surface area contributed by atoms with Crippen molar-refractivity contribution >= 4 is 0 Å². The molecule has 1 unspecified atom stereocenters. The molecule has 0 aliphatic heterocycles. The third-order valence-corrected chi connectivity index (χ3v) is 6.32. The minimum absolute atomic E-state index is 0.974. The van der Waals surface area contributed by atoms with Gasteiger partial charge in [0.2, 0.25) is 0 Å². The number of hydrogen-bond donors (Lipinski definition) is 0. The Kier molecular flexibility index (Phi) is 55.9. The summed E-state index contributed by atoms with van der Waals surface area (Å²) >= 11 is 0. The average molecular weight is 499 g/mol. The third-order valence-electron chi connectivity index (χ3n) is 6.32. The van der Waals surface area contributed by atoms with E-state index in [4.69, 9.17) is 0 Å². The molecule has 0 aromatic carbocycles. The molecule has 218 valence electrons. The molecule has 2 fully saturated rings. The topological polar surface area (TPSA) is 0 Å². The van der Waals surface area contributed by atoms with Crippen LogP contribution in [0, 0.1) is 11.8 Å². The van der Waals surface area contributed by atoms with E-state index < -0.39 is 0 Å². The number of unbranched alkanes of at least 4 members (excludes halogenated alkanes) is 4. The highest BCUT2D eigenvalue weighted by molar-refractivity contribution is 5.15. The van der Waals surface area contributed by atoms with E-state index in [-0.39, 0.29) is 0 Å². The van der Waals surface area contributed by atoms with Gasteiger partial charge in [-0.25, -0.2) is 0 Å². The first-order chi connectivity index (χ1) is 17.0. The smallest absolute Gasteiger partial charge is 0.0315 e. The van der Waals surface area contributed by atoms with Gasteiger partial charge in [0, 0.05) is 0 Å². The van der Waals surface area contributed by atoms with Gasteiger partial charge in [-0.2, -0.15) is 0 Å². The van der Waals surface area contributed by atoms with E-state index >= 15 is 0 Å². The van der Waals surface area contributed by atoms with Crippen LogP contribution in [0.25, 0.3) is 0 Å². The highest BCUT2D eigenvalue weighted by Gasteiger charge is 2.11. The highest BCUT2D eigenvalue weighted by atomic mass is 14.2. The van der Waals surface area contributed by atoms with Crippen LogP contribution in [0.4, 0.5) is 0 Å². The summed E-state index contributed by atoms with van der Waals surface area (Å²) in [5.74, 6) is 2.07. The lowest BCUT2D eigenvalue weighted by Gasteiger charge is -2.17. The fourth-order valence-corrected chi connectivity index (χ4v) is 3.89. The van der Waals surface area contributed by atoms with Crippen LogP contribution in [0.2, 0.25) is 0 Å². The van der Waals surface area contributed by atoms with Gasteiger partial charge in [0.1, 0.15) is 0 Å². The van der Waals surface area contributed by atoms with Crippen molar-refractivity contribution in [3.8, 4) is 0 Å². The molecule has 0 N–H and O–H groups in total. The molecule has 0 bridgehead atoms. The highest BCUT2D eigenvalue weighted by Crippen LogP contribution is 2.28. The van der Waals surface area contributed by atoms with Crippen molar-refractivity contribution in [1.82, 2.24) is 0 Å². The van der Waals surface area contributed by atoms with Crippen LogP contribution in [-0.2, 0) is 0 Å². The van der Waals surface area contributed by atoms with Gasteiger partial charge in [-0.05, 0) is 44.9 Å². The SMILES string of the molecule is CC.CC.CC.CC(C)=C1CCC1.CCC.CCC1CCCC1.CCCCCCC(C)CCCC. The minimum Gasteiger partial charge on any atom is -0.0772 e. The number of hydrogen-bond acceptors (Lipinski definition) is 0. The second-order valence-electron chi connectivity index (χ2n) is 9.82. The van der Waals surface area contributed by atoms with Gasteiger partial charge < -0.3 is 0 Å². The van der Waals surface area contributed by atoms with E-state index in [9.17, 15) is 0 Å². The molecule has 0 nitrogen and oxygen atoms in total. The second-order valence-corrected chi connectivity index (χ2v) is 9.82. The Labute approximate surface area is 228 Å². The molecule has 0 aromatic heterocycles. The first-order valence-corrected chi connectivity index (χ1v) is 16.6. The van der Waals surface area contributed by atoms with Gasteiger partial charge in [-0.15, -0.1) is 0 Å². The van der Waals surface area contributed by atoms with Crippen molar-refractivity contribution < 1.29 is 0 Å². The Bertz CT molecular complexity index is 322. The lowest BCUT2D eigenvalue weighted by atomic mass is 9.89. The predicted octanol–water partition coefficient (Wildman–Crippen LogP) is 14.4. The Hall–Kier alpha value is -0.260. The molecule has 0 aromatic rings. The molecule has 0 heterocycles. The normalized spacial score (nSPS) is 14.1. The summed E-state index contributed by atoms with van der Waals surface area (Å²) in [6, 6.07) is 0. The molecule has 0 radical (unpaired) electrons. The third kappa shape index (κ3) is 41.2. The van der Waals surface area contributed by atoms with Gasteiger partial charge in [-0.3, -0.25) is 0 Å². The minimum atomic E-state index is 0.974. The zero-order chi connectivity index (χ0) is 28.3. The molecule has 0 amide bonds. The van der Waals surface area contributed by atoms with Gasteiger partial charge in [-0.1, -0.05) is 184 Å². The fourth-order valence-electron chi connectivity index (χ4n) is 3.89. The summed E-state index contributed by atoms with van der Waals surface area (Å²) in [5, 5.41) is 0. The zero-order valence-corrected chi connectivity index (χ0v) is 28.2. The summed E-state index contributed by atoms with van der Waals surface area (Å²) in [7, 11) is 0. The monoisotopic (exact) mass is 499 g/mol. The molecule has 0 spiro atoms. The van der Waals surface area contributed by atoms with Crippen LogP contribution in [0.3, 0.4) is 0 Å². The standard InChI is InChI=1S/C12H26.C7H12.C7H14.C3H8.3C2H6/c1-4-6-8-9-11-12(3)10-7-5-2;1-6(2)7-4-3-5-7;1-2-7-5-3-4-6-7;1-3-2;3*1-2/h12H,4-11H2,1-3H3;3-5H2,1-2H3;7H,2-6H2,1H3;3H2,1-2H3;3*1-2H3. The van der Waals surface area contributed by atoms with E-state index in [2.05, 4.69) is 55.4 Å². The van der Waals surface area contributed by atoms with Crippen LogP contribution < -0.4 is 0 Å². The van der Waals surface area contributed by atoms with Crippen molar-refractivity contribution in [3.05, 3.63) is 11.1 Å². The summed E-state index contributed by atoms with van der Waals surface area (Å²) in [6.45, 7) is 29.9. The van der Waals surface area contributed by atoms with Crippen LogP contribution in [-0.4, -0.2) is 0 Å². The maximum absolute atomic E-state index is 2.40. The predicted molar refractivity (Wildman–Crippen MR) is 172 cm³/mol. The molecule has 0 heteroatoms. The Morgan fingerprint density at radius 2 is 1.09 bits per heavy atom. The quantitative estimate of drug-likeness (QED) is 0.219. The van der Waals surface area contributed by atoms with Crippen molar-refractivity contribution in [3.63, 3.8) is 0 Å². The van der Waals surface area contributed by atoms with Crippen LogP contribution >= 0.6 is 0 Å². The Morgan fingerprint density at radius 1 is 0.657 bits per heavy atom. The van der Waals surface area contributed by atoms with E-state index in [0.717, 1.165) is 11.8 Å². The molecule has 2 aliphatic rings. The zero-order valence-electron chi connectivity index (χ0n) is 28.2. The molecule has 0 saturated heterocycles.